The van der Waals surface area contributed by atoms with Crippen LogP contribution in [0.15, 0.2) is 34.9 Å². The van der Waals surface area contributed by atoms with Gasteiger partial charge >= 0.3 is 0 Å². The van der Waals surface area contributed by atoms with Crippen LogP contribution in [0.4, 0.5) is 0 Å². The van der Waals surface area contributed by atoms with Crippen LogP contribution in [-0.2, 0) is 11.3 Å². The van der Waals surface area contributed by atoms with Crippen LogP contribution in [0.2, 0.25) is 0 Å². The second kappa shape index (κ2) is 4.92. The van der Waals surface area contributed by atoms with Crippen molar-refractivity contribution in [1.82, 2.24) is 0 Å². The highest BCUT2D eigenvalue weighted by atomic mass is 16.5. The number of hydrogen-bond donors (Lipinski definition) is 0. The highest BCUT2D eigenvalue weighted by molar-refractivity contribution is 5.77. The first kappa shape index (κ1) is 10.8. The van der Waals surface area contributed by atoms with Crippen molar-refractivity contribution < 1.29 is 9.15 Å². The van der Waals surface area contributed by atoms with Crippen LogP contribution in [-0.4, -0.2) is 6.10 Å². The van der Waals surface area contributed by atoms with Crippen LogP contribution in [0.5, 0.6) is 0 Å². The van der Waals surface area contributed by atoms with E-state index >= 15 is 0 Å². The maximum atomic E-state index is 5.96. The molecule has 2 heteroatoms. The van der Waals surface area contributed by atoms with E-state index in [1.165, 1.54) is 37.7 Å². The fourth-order valence-electron chi connectivity index (χ4n) is 2.55. The molecule has 0 aliphatic heterocycles. The quantitative estimate of drug-likeness (QED) is 0.785. The molecule has 0 N–H and O–H groups in total. The van der Waals surface area contributed by atoms with Gasteiger partial charge in [-0.15, -0.1) is 0 Å². The summed E-state index contributed by atoms with van der Waals surface area (Å²) in [5.74, 6) is 0. The molecule has 1 fully saturated rings. The van der Waals surface area contributed by atoms with Crippen molar-refractivity contribution in [3.8, 4) is 0 Å². The molecule has 1 saturated carbocycles. The smallest absolute Gasteiger partial charge is 0.133 e. The molecule has 1 aliphatic rings. The van der Waals surface area contributed by atoms with E-state index in [2.05, 4.69) is 12.1 Å². The summed E-state index contributed by atoms with van der Waals surface area (Å²) in [7, 11) is 0. The summed E-state index contributed by atoms with van der Waals surface area (Å²) in [5.41, 5.74) is 2.19. The Bertz CT molecular complexity index is 480. The van der Waals surface area contributed by atoms with Crippen LogP contribution in [0.25, 0.3) is 11.0 Å². The number of fused-ring (bicyclic) bond motifs is 1. The molecule has 1 aromatic heterocycles. The summed E-state index contributed by atoms with van der Waals surface area (Å²) >= 11 is 0. The van der Waals surface area contributed by atoms with Gasteiger partial charge < -0.3 is 9.15 Å². The fraction of sp³-hybridized carbons (Fsp3) is 0.467. The molecule has 1 aliphatic carbocycles. The van der Waals surface area contributed by atoms with Crippen LogP contribution in [0, 0.1) is 0 Å². The average molecular weight is 230 g/mol. The lowest BCUT2D eigenvalue weighted by Gasteiger charge is -2.21. The van der Waals surface area contributed by atoms with E-state index in [1.807, 2.05) is 12.1 Å². The van der Waals surface area contributed by atoms with Gasteiger partial charge in [0.05, 0.1) is 19.0 Å². The zero-order chi connectivity index (χ0) is 11.5. The normalized spacial score (nSPS) is 17.6. The van der Waals surface area contributed by atoms with Gasteiger partial charge in [0.2, 0.25) is 0 Å². The topological polar surface area (TPSA) is 22.4 Å². The summed E-state index contributed by atoms with van der Waals surface area (Å²) in [4.78, 5) is 0. The van der Waals surface area contributed by atoms with Crippen molar-refractivity contribution in [3.05, 3.63) is 36.1 Å². The van der Waals surface area contributed by atoms with E-state index in [0.717, 1.165) is 17.6 Å². The summed E-state index contributed by atoms with van der Waals surface area (Å²) < 4.78 is 11.3. The van der Waals surface area contributed by atoms with E-state index in [1.54, 1.807) is 6.26 Å². The first-order valence-electron chi connectivity index (χ1n) is 6.49. The largest absolute Gasteiger partial charge is 0.464 e. The van der Waals surface area contributed by atoms with Crippen molar-refractivity contribution in [1.29, 1.82) is 0 Å². The first-order chi connectivity index (χ1) is 8.42. The van der Waals surface area contributed by atoms with E-state index in [4.69, 9.17) is 9.15 Å². The maximum absolute atomic E-state index is 5.96. The maximum Gasteiger partial charge on any atom is 0.133 e. The lowest BCUT2D eigenvalue weighted by atomic mass is 9.98. The van der Waals surface area contributed by atoms with Gasteiger partial charge in [-0.25, -0.2) is 0 Å². The molecule has 2 aromatic rings. The van der Waals surface area contributed by atoms with Gasteiger partial charge in [0, 0.05) is 5.39 Å². The minimum atomic E-state index is 0.476. The zero-order valence-corrected chi connectivity index (χ0v) is 10.0. The molecule has 1 aromatic carbocycles. The number of ether oxygens (including phenoxy) is 1. The van der Waals surface area contributed by atoms with Gasteiger partial charge in [-0.2, -0.15) is 0 Å². The van der Waals surface area contributed by atoms with E-state index in [9.17, 15) is 0 Å². The molecule has 0 atom stereocenters. The van der Waals surface area contributed by atoms with Crippen molar-refractivity contribution in [2.75, 3.05) is 0 Å². The Morgan fingerprint density at radius 3 is 2.88 bits per heavy atom. The van der Waals surface area contributed by atoms with E-state index in [0.29, 0.717) is 6.10 Å². The molecule has 0 unspecified atom stereocenters. The Kier molecular flexibility index (Phi) is 3.14. The van der Waals surface area contributed by atoms with Crippen LogP contribution >= 0.6 is 0 Å². The Morgan fingerprint density at radius 1 is 1.12 bits per heavy atom. The standard InChI is InChI=1S/C15H18O2/c1-2-4-14(5-3-1)17-11-12-6-7-15-13(10-12)8-9-16-15/h6-10,14H,1-5,11H2. The Balaban J connectivity index is 1.63. The molecule has 0 spiro atoms. The highest BCUT2D eigenvalue weighted by Crippen LogP contribution is 2.22. The monoisotopic (exact) mass is 230 g/mol. The summed E-state index contributed by atoms with van der Waals surface area (Å²) in [5, 5.41) is 1.16. The lowest BCUT2D eigenvalue weighted by molar-refractivity contribution is 0.0169. The van der Waals surface area contributed by atoms with Gasteiger partial charge in [-0.3, -0.25) is 0 Å². The molecule has 0 radical (unpaired) electrons. The average Bonchev–Trinajstić information content (AvgIpc) is 2.85. The van der Waals surface area contributed by atoms with E-state index in [-0.39, 0.29) is 0 Å². The summed E-state index contributed by atoms with van der Waals surface area (Å²) in [6, 6.07) is 8.27. The van der Waals surface area contributed by atoms with Gasteiger partial charge in [-0.1, -0.05) is 25.3 Å². The van der Waals surface area contributed by atoms with Crippen molar-refractivity contribution >= 4 is 11.0 Å². The minimum absolute atomic E-state index is 0.476. The van der Waals surface area contributed by atoms with Crippen molar-refractivity contribution in [3.63, 3.8) is 0 Å². The minimum Gasteiger partial charge on any atom is -0.464 e. The second-order valence-electron chi connectivity index (χ2n) is 4.86. The number of hydrogen-bond acceptors (Lipinski definition) is 2. The summed E-state index contributed by atoms with van der Waals surface area (Å²) in [6.07, 6.45) is 8.69. The fourth-order valence-corrected chi connectivity index (χ4v) is 2.55. The predicted octanol–water partition coefficient (Wildman–Crippen LogP) is 4.28. The van der Waals surface area contributed by atoms with Gasteiger partial charge in [-0.05, 0) is 36.6 Å². The summed E-state index contributed by atoms with van der Waals surface area (Å²) in [6.45, 7) is 0.728. The van der Waals surface area contributed by atoms with Crippen LogP contribution < -0.4 is 0 Å². The van der Waals surface area contributed by atoms with Gasteiger partial charge in [0.1, 0.15) is 5.58 Å². The molecular weight excluding hydrogens is 212 g/mol. The predicted molar refractivity (Wildman–Crippen MR) is 67.9 cm³/mol. The molecule has 17 heavy (non-hydrogen) atoms. The third kappa shape index (κ3) is 2.52. The van der Waals surface area contributed by atoms with Crippen LogP contribution in [0.3, 0.4) is 0 Å². The number of benzene rings is 1. The van der Waals surface area contributed by atoms with Gasteiger partial charge in [0.25, 0.3) is 0 Å². The Labute approximate surface area is 102 Å². The SMILES string of the molecule is c1cc2cc(COC3CCCCC3)ccc2o1. The number of rotatable bonds is 3. The Morgan fingerprint density at radius 2 is 2.00 bits per heavy atom. The molecule has 2 nitrogen and oxygen atoms in total. The third-order valence-electron chi connectivity index (χ3n) is 3.55. The molecule has 0 bridgehead atoms. The van der Waals surface area contributed by atoms with E-state index < -0.39 is 0 Å². The third-order valence-corrected chi connectivity index (χ3v) is 3.55. The molecule has 0 saturated heterocycles. The molecular formula is C15H18O2. The van der Waals surface area contributed by atoms with Crippen molar-refractivity contribution in [2.45, 2.75) is 44.8 Å². The first-order valence-corrected chi connectivity index (χ1v) is 6.49. The highest BCUT2D eigenvalue weighted by Gasteiger charge is 2.13. The lowest BCUT2D eigenvalue weighted by Crippen LogP contribution is -2.16. The molecule has 1 heterocycles. The van der Waals surface area contributed by atoms with Crippen LogP contribution in [0.1, 0.15) is 37.7 Å². The zero-order valence-electron chi connectivity index (χ0n) is 10.0. The molecule has 0 amide bonds. The number of furan rings is 1. The molecule has 90 valence electrons. The van der Waals surface area contributed by atoms with Gasteiger partial charge in [0.15, 0.2) is 0 Å². The van der Waals surface area contributed by atoms with Crippen molar-refractivity contribution in [2.24, 2.45) is 0 Å². The molecule has 3 rings (SSSR count). The Hall–Kier alpha value is -1.28. The second-order valence-corrected chi connectivity index (χ2v) is 4.86.